The number of nitro benzene ring substituents is 1. The van der Waals surface area contributed by atoms with E-state index in [0.29, 0.717) is 17.8 Å². The third-order valence-corrected chi connectivity index (χ3v) is 6.06. The van der Waals surface area contributed by atoms with Crippen molar-refractivity contribution >= 4 is 40.6 Å². The highest BCUT2D eigenvalue weighted by atomic mass is 32.2. The molecule has 170 valence electrons. The average molecular weight is 464 g/mol. The standard InChI is InChI=1S/C25H25N3O4S/c1-2-3-12-23(29)26-20-10-7-11-22(17-20)33-24(18-8-5-4-6-9-18)25(30)27-19-13-15-21(16-14-19)28(31)32/h4-11,13-17,24H,2-3,12H2,1H3,(H,26,29)(H,27,30). The van der Waals surface area contributed by atoms with E-state index in [1.807, 2.05) is 61.5 Å². The monoisotopic (exact) mass is 463 g/mol. The van der Waals surface area contributed by atoms with Crippen LogP contribution < -0.4 is 10.6 Å². The van der Waals surface area contributed by atoms with E-state index < -0.39 is 10.2 Å². The highest BCUT2D eigenvalue weighted by molar-refractivity contribution is 8.00. The van der Waals surface area contributed by atoms with E-state index in [1.165, 1.54) is 36.0 Å². The van der Waals surface area contributed by atoms with Gasteiger partial charge in [-0.25, -0.2) is 0 Å². The van der Waals surface area contributed by atoms with E-state index in [4.69, 9.17) is 0 Å². The fourth-order valence-electron chi connectivity index (χ4n) is 3.12. The number of non-ortho nitro benzene ring substituents is 1. The summed E-state index contributed by atoms with van der Waals surface area (Å²) in [4.78, 5) is 36.5. The molecule has 1 unspecified atom stereocenters. The summed E-state index contributed by atoms with van der Waals surface area (Å²) in [5.41, 5.74) is 1.94. The molecule has 0 aromatic heterocycles. The van der Waals surface area contributed by atoms with E-state index in [9.17, 15) is 19.7 Å². The van der Waals surface area contributed by atoms with Gasteiger partial charge in [0.2, 0.25) is 11.8 Å². The minimum Gasteiger partial charge on any atom is -0.326 e. The molecule has 0 heterocycles. The largest absolute Gasteiger partial charge is 0.326 e. The topological polar surface area (TPSA) is 101 Å². The Labute approximate surface area is 196 Å². The first kappa shape index (κ1) is 24.0. The van der Waals surface area contributed by atoms with Crippen molar-refractivity contribution in [2.24, 2.45) is 0 Å². The molecular formula is C25H25N3O4S. The number of carbonyl (C=O) groups is 2. The Kier molecular flexibility index (Phi) is 8.60. The van der Waals surface area contributed by atoms with Crippen molar-refractivity contribution in [3.05, 3.63) is 94.5 Å². The van der Waals surface area contributed by atoms with Gasteiger partial charge in [-0.2, -0.15) is 0 Å². The van der Waals surface area contributed by atoms with Crippen LogP contribution in [0.25, 0.3) is 0 Å². The molecule has 2 amide bonds. The lowest BCUT2D eigenvalue weighted by atomic mass is 10.1. The second-order valence-corrected chi connectivity index (χ2v) is 8.56. The molecule has 0 aliphatic carbocycles. The molecule has 0 aliphatic rings. The molecule has 0 bridgehead atoms. The number of thioether (sulfide) groups is 1. The third-order valence-electron chi connectivity index (χ3n) is 4.82. The molecule has 3 aromatic rings. The Morgan fingerprint density at radius 2 is 1.67 bits per heavy atom. The normalized spacial score (nSPS) is 11.4. The van der Waals surface area contributed by atoms with Gasteiger partial charge < -0.3 is 10.6 Å². The number of hydrogen-bond acceptors (Lipinski definition) is 5. The molecule has 3 aromatic carbocycles. The smallest absolute Gasteiger partial charge is 0.269 e. The molecule has 0 saturated carbocycles. The number of carbonyl (C=O) groups excluding carboxylic acids is 2. The van der Waals surface area contributed by atoms with Gasteiger partial charge in [0.05, 0.1) is 4.92 Å². The van der Waals surface area contributed by atoms with Crippen LogP contribution in [0, 0.1) is 10.1 Å². The van der Waals surface area contributed by atoms with Gasteiger partial charge in [0.1, 0.15) is 5.25 Å². The molecule has 1 atom stereocenters. The van der Waals surface area contributed by atoms with Crippen LogP contribution in [0.3, 0.4) is 0 Å². The van der Waals surface area contributed by atoms with Crippen molar-refractivity contribution in [1.29, 1.82) is 0 Å². The third kappa shape index (κ3) is 7.18. The van der Waals surface area contributed by atoms with Crippen LogP contribution in [0.4, 0.5) is 17.1 Å². The summed E-state index contributed by atoms with van der Waals surface area (Å²) in [6, 6.07) is 22.5. The number of unbranched alkanes of at least 4 members (excludes halogenated alkanes) is 1. The average Bonchev–Trinajstić information content (AvgIpc) is 2.82. The van der Waals surface area contributed by atoms with Crippen molar-refractivity contribution in [2.75, 3.05) is 10.6 Å². The number of hydrogen-bond donors (Lipinski definition) is 2. The molecule has 0 saturated heterocycles. The SMILES string of the molecule is CCCCC(=O)Nc1cccc(SC(C(=O)Nc2ccc([N+](=O)[O-])cc2)c2ccccc2)c1. The Morgan fingerprint density at radius 3 is 2.33 bits per heavy atom. The second kappa shape index (κ2) is 11.8. The first-order chi connectivity index (χ1) is 16.0. The Morgan fingerprint density at radius 1 is 0.939 bits per heavy atom. The summed E-state index contributed by atoms with van der Waals surface area (Å²) in [6.45, 7) is 2.04. The fourth-order valence-corrected chi connectivity index (χ4v) is 4.20. The number of nitrogens with zero attached hydrogens (tertiary/aromatic N) is 1. The zero-order valence-electron chi connectivity index (χ0n) is 18.2. The summed E-state index contributed by atoms with van der Waals surface area (Å²) < 4.78 is 0. The Hall–Kier alpha value is -3.65. The molecule has 0 aliphatic heterocycles. The van der Waals surface area contributed by atoms with Crippen LogP contribution in [-0.2, 0) is 9.59 Å². The number of nitro groups is 1. The number of nitrogens with one attached hydrogen (secondary N) is 2. The maximum Gasteiger partial charge on any atom is 0.269 e. The number of anilines is 2. The van der Waals surface area contributed by atoms with E-state index in [-0.39, 0.29) is 17.5 Å². The molecule has 3 rings (SSSR count). The van der Waals surface area contributed by atoms with Crippen molar-refractivity contribution in [1.82, 2.24) is 0 Å². The zero-order valence-corrected chi connectivity index (χ0v) is 19.0. The van der Waals surface area contributed by atoms with Gasteiger partial charge in [0, 0.05) is 34.8 Å². The van der Waals surface area contributed by atoms with Gasteiger partial charge >= 0.3 is 0 Å². The highest BCUT2D eigenvalue weighted by Gasteiger charge is 2.22. The second-order valence-electron chi connectivity index (χ2n) is 7.38. The summed E-state index contributed by atoms with van der Waals surface area (Å²) in [5, 5.41) is 16.1. The number of rotatable bonds is 10. The number of benzene rings is 3. The summed E-state index contributed by atoms with van der Waals surface area (Å²) in [7, 11) is 0. The predicted octanol–water partition coefficient (Wildman–Crippen LogP) is 6.20. The van der Waals surface area contributed by atoms with Crippen molar-refractivity contribution in [3.63, 3.8) is 0 Å². The van der Waals surface area contributed by atoms with Crippen molar-refractivity contribution in [3.8, 4) is 0 Å². The van der Waals surface area contributed by atoms with E-state index >= 15 is 0 Å². The van der Waals surface area contributed by atoms with Crippen molar-refractivity contribution < 1.29 is 14.5 Å². The molecule has 7 nitrogen and oxygen atoms in total. The minimum atomic E-state index is -0.563. The zero-order chi connectivity index (χ0) is 23.6. The maximum absolute atomic E-state index is 13.2. The molecule has 0 spiro atoms. The van der Waals surface area contributed by atoms with E-state index in [2.05, 4.69) is 10.6 Å². The van der Waals surface area contributed by atoms with Crippen LogP contribution in [0.1, 0.15) is 37.0 Å². The molecule has 8 heteroatoms. The molecule has 0 radical (unpaired) electrons. The lowest BCUT2D eigenvalue weighted by Gasteiger charge is -2.18. The van der Waals surface area contributed by atoms with Gasteiger partial charge in [-0.3, -0.25) is 19.7 Å². The van der Waals surface area contributed by atoms with Gasteiger partial charge in [0.25, 0.3) is 5.69 Å². The van der Waals surface area contributed by atoms with E-state index in [1.54, 1.807) is 0 Å². The van der Waals surface area contributed by atoms with Crippen LogP contribution in [0.15, 0.2) is 83.8 Å². The highest BCUT2D eigenvalue weighted by Crippen LogP contribution is 2.37. The Bertz CT molecular complexity index is 1100. The predicted molar refractivity (Wildman–Crippen MR) is 131 cm³/mol. The van der Waals surface area contributed by atoms with Gasteiger partial charge in [-0.05, 0) is 42.3 Å². The first-order valence-corrected chi connectivity index (χ1v) is 11.5. The van der Waals surface area contributed by atoms with Crippen LogP contribution >= 0.6 is 11.8 Å². The molecule has 0 fully saturated rings. The summed E-state index contributed by atoms with van der Waals surface area (Å²) >= 11 is 1.36. The van der Waals surface area contributed by atoms with Crippen LogP contribution in [0.5, 0.6) is 0 Å². The maximum atomic E-state index is 13.2. The van der Waals surface area contributed by atoms with Crippen LogP contribution in [-0.4, -0.2) is 16.7 Å². The fraction of sp³-hybridized carbons (Fsp3) is 0.200. The quantitative estimate of drug-likeness (QED) is 0.212. The van der Waals surface area contributed by atoms with Crippen LogP contribution in [0.2, 0.25) is 0 Å². The lowest BCUT2D eigenvalue weighted by molar-refractivity contribution is -0.384. The lowest BCUT2D eigenvalue weighted by Crippen LogP contribution is -2.19. The summed E-state index contributed by atoms with van der Waals surface area (Å²) in [6.07, 6.45) is 2.25. The van der Waals surface area contributed by atoms with Gasteiger partial charge in [-0.15, -0.1) is 11.8 Å². The molecule has 33 heavy (non-hydrogen) atoms. The minimum absolute atomic E-state index is 0.0328. The van der Waals surface area contributed by atoms with E-state index in [0.717, 1.165) is 23.3 Å². The van der Waals surface area contributed by atoms with Gasteiger partial charge in [-0.1, -0.05) is 49.7 Å². The summed E-state index contributed by atoms with van der Waals surface area (Å²) in [5.74, 6) is -0.285. The molecule has 2 N–H and O–H groups in total. The van der Waals surface area contributed by atoms with Gasteiger partial charge in [0.15, 0.2) is 0 Å². The first-order valence-electron chi connectivity index (χ1n) is 10.6. The number of amides is 2. The molecular weight excluding hydrogens is 438 g/mol. The Balaban J connectivity index is 1.77. The van der Waals surface area contributed by atoms with Crippen molar-refractivity contribution in [2.45, 2.75) is 36.3 Å².